The summed E-state index contributed by atoms with van der Waals surface area (Å²) >= 11 is 1.80. The molecule has 72 valence electrons. The van der Waals surface area contributed by atoms with Gasteiger partial charge in [-0.1, -0.05) is 39.7 Å². The Labute approximate surface area is 81.8 Å². The second kappa shape index (κ2) is 7.72. The maximum Gasteiger partial charge on any atom is -0.0140 e. The molecule has 0 nitrogen and oxygen atoms in total. The Morgan fingerprint density at radius 1 is 1.42 bits per heavy atom. The molecule has 0 N–H and O–H groups in total. The third-order valence-corrected chi connectivity index (χ3v) is 3.00. The lowest BCUT2D eigenvalue weighted by molar-refractivity contribution is 0.471. The van der Waals surface area contributed by atoms with Crippen LogP contribution >= 0.6 is 11.8 Å². The summed E-state index contributed by atoms with van der Waals surface area (Å²) in [6, 6.07) is 0. The van der Waals surface area contributed by atoms with Crippen molar-refractivity contribution in [3.63, 3.8) is 0 Å². The molecule has 0 saturated carbocycles. The molecule has 12 heavy (non-hydrogen) atoms. The highest BCUT2D eigenvalue weighted by Crippen LogP contribution is 2.20. The van der Waals surface area contributed by atoms with Crippen molar-refractivity contribution >= 4 is 11.8 Å². The summed E-state index contributed by atoms with van der Waals surface area (Å²) in [5.74, 6) is 0.907. The van der Waals surface area contributed by atoms with Crippen molar-refractivity contribution in [2.45, 2.75) is 46.0 Å². The summed E-state index contributed by atoms with van der Waals surface area (Å²) in [5, 5.41) is 0. The molecule has 0 spiro atoms. The van der Waals surface area contributed by atoms with E-state index < -0.39 is 0 Å². The first-order valence-corrected chi connectivity index (χ1v) is 6.15. The Kier molecular flexibility index (Phi) is 7.78. The first kappa shape index (κ1) is 12.1. The van der Waals surface area contributed by atoms with E-state index in [0.29, 0.717) is 0 Å². The van der Waals surface area contributed by atoms with Crippen molar-refractivity contribution in [2.75, 3.05) is 6.26 Å². The van der Waals surface area contributed by atoms with E-state index in [0.717, 1.165) is 5.92 Å². The Hall–Kier alpha value is 0.0900. The normalized spacial score (nSPS) is 12.9. The first-order chi connectivity index (χ1) is 5.70. The maximum absolute atomic E-state index is 3.98. The maximum atomic E-state index is 3.98. The lowest BCUT2D eigenvalue weighted by atomic mass is 9.99. The molecule has 1 heteroatoms. The second-order valence-electron chi connectivity index (χ2n) is 3.53. The molecule has 0 fully saturated rings. The van der Waals surface area contributed by atoms with Crippen molar-refractivity contribution in [1.29, 1.82) is 0 Å². The van der Waals surface area contributed by atoms with E-state index in [1.807, 2.05) is 0 Å². The van der Waals surface area contributed by atoms with Crippen LogP contribution in [0, 0.1) is 5.92 Å². The molecule has 0 amide bonds. The molecule has 0 aliphatic heterocycles. The summed E-state index contributed by atoms with van der Waals surface area (Å²) in [4.78, 5) is 1.33. The van der Waals surface area contributed by atoms with E-state index in [1.54, 1.807) is 11.8 Å². The Morgan fingerprint density at radius 2 is 2.08 bits per heavy atom. The minimum Gasteiger partial charge on any atom is -0.135 e. The van der Waals surface area contributed by atoms with E-state index in [2.05, 4.69) is 26.7 Å². The van der Waals surface area contributed by atoms with Gasteiger partial charge in [0.15, 0.2) is 0 Å². The smallest absolute Gasteiger partial charge is 0.0140 e. The predicted molar refractivity (Wildman–Crippen MR) is 60.6 cm³/mol. The molecule has 1 unspecified atom stereocenters. The highest BCUT2D eigenvalue weighted by Gasteiger charge is 2.00. The minimum absolute atomic E-state index is 0.907. The Bertz CT molecular complexity index is 118. The quantitative estimate of drug-likeness (QED) is 0.565. The summed E-state index contributed by atoms with van der Waals surface area (Å²) in [6.45, 7) is 8.59. The molecule has 0 rings (SSSR count). The third-order valence-electron chi connectivity index (χ3n) is 2.22. The van der Waals surface area contributed by atoms with E-state index in [9.17, 15) is 0 Å². The van der Waals surface area contributed by atoms with E-state index in [4.69, 9.17) is 0 Å². The summed E-state index contributed by atoms with van der Waals surface area (Å²) < 4.78 is 0. The lowest BCUT2D eigenvalue weighted by Crippen LogP contribution is -1.93. The molecule has 0 saturated heterocycles. The number of hydrogen-bond donors (Lipinski definition) is 0. The van der Waals surface area contributed by atoms with Gasteiger partial charge in [0, 0.05) is 0 Å². The molecule has 0 bridgehead atoms. The molecule has 1 atom stereocenters. The Balaban J connectivity index is 3.24. The van der Waals surface area contributed by atoms with Crippen molar-refractivity contribution < 1.29 is 0 Å². The van der Waals surface area contributed by atoms with E-state index in [-0.39, 0.29) is 0 Å². The van der Waals surface area contributed by atoms with E-state index in [1.165, 1.54) is 37.0 Å². The van der Waals surface area contributed by atoms with Crippen LogP contribution in [0.1, 0.15) is 46.0 Å². The fourth-order valence-corrected chi connectivity index (χ4v) is 1.74. The van der Waals surface area contributed by atoms with Gasteiger partial charge in [-0.25, -0.2) is 0 Å². The highest BCUT2D eigenvalue weighted by atomic mass is 32.2. The number of hydrogen-bond acceptors (Lipinski definition) is 1. The van der Waals surface area contributed by atoms with Gasteiger partial charge in [-0.3, -0.25) is 0 Å². The van der Waals surface area contributed by atoms with Gasteiger partial charge in [0.2, 0.25) is 0 Å². The predicted octanol–water partition coefficient (Wildman–Crippen LogP) is 4.47. The van der Waals surface area contributed by atoms with Crippen LogP contribution in [-0.2, 0) is 0 Å². The largest absolute Gasteiger partial charge is 0.135 e. The van der Waals surface area contributed by atoms with Crippen LogP contribution in [-0.4, -0.2) is 6.26 Å². The fraction of sp³-hybridized carbons (Fsp3) is 0.818. The fourth-order valence-electron chi connectivity index (χ4n) is 1.39. The number of thioether (sulfide) groups is 1. The number of allylic oxidation sites excluding steroid dienone is 1. The van der Waals surface area contributed by atoms with Gasteiger partial charge in [-0.2, -0.15) is 0 Å². The zero-order valence-electron chi connectivity index (χ0n) is 8.73. The zero-order valence-corrected chi connectivity index (χ0v) is 9.54. The molecular formula is C11H22S. The molecule has 0 aromatic heterocycles. The van der Waals surface area contributed by atoms with Crippen molar-refractivity contribution in [1.82, 2.24) is 0 Å². The Morgan fingerprint density at radius 3 is 2.58 bits per heavy atom. The third kappa shape index (κ3) is 6.78. The summed E-state index contributed by atoms with van der Waals surface area (Å²) in [5.41, 5.74) is 0. The average molecular weight is 186 g/mol. The van der Waals surface area contributed by atoms with Crippen molar-refractivity contribution in [3.05, 3.63) is 11.5 Å². The van der Waals surface area contributed by atoms with Gasteiger partial charge in [-0.15, -0.1) is 11.8 Å². The van der Waals surface area contributed by atoms with Gasteiger partial charge in [0.1, 0.15) is 0 Å². The van der Waals surface area contributed by atoms with Crippen LogP contribution in [0.4, 0.5) is 0 Å². The topological polar surface area (TPSA) is 0 Å². The molecule has 0 aliphatic carbocycles. The molecule has 0 radical (unpaired) electrons. The van der Waals surface area contributed by atoms with Gasteiger partial charge < -0.3 is 0 Å². The summed E-state index contributed by atoms with van der Waals surface area (Å²) in [7, 11) is 0. The zero-order chi connectivity index (χ0) is 9.40. The minimum atomic E-state index is 0.907. The van der Waals surface area contributed by atoms with Crippen molar-refractivity contribution in [3.8, 4) is 0 Å². The van der Waals surface area contributed by atoms with Crippen LogP contribution in [0.5, 0.6) is 0 Å². The second-order valence-corrected chi connectivity index (χ2v) is 4.51. The van der Waals surface area contributed by atoms with Crippen LogP contribution in [0.15, 0.2) is 11.5 Å². The van der Waals surface area contributed by atoms with Crippen LogP contribution in [0.3, 0.4) is 0 Å². The van der Waals surface area contributed by atoms with Crippen molar-refractivity contribution in [2.24, 2.45) is 5.92 Å². The monoisotopic (exact) mass is 186 g/mol. The molecule has 0 aromatic carbocycles. The van der Waals surface area contributed by atoms with Gasteiger partial charge in [-0.05, 0) is 29.9 Å². The molecule has 0 aromatic rings. The van der Waals surface area contributed by atoms with Crippen LogP contribution in [0.25, 0.3) is 0 Å². The highest BCUT2D eigenvalue weighted by molar-refractivity contribution is 8.02. The van der Waals surface area contributed by atoms with Gasteiger partial charge in [0.05, 0.1) is 0 Å². The molecule has 0 aliphatic rings. The van der Waals surface area contributed by atoms with Gasteiger partial charge >= 0.3 is 0 Å². The molecular weight excluding hydrogens is 164 g/mol. The summed E-state index contributed by atoms with van der Waals surface area (Å²) in [6.07, 6.45) is 8.71. The lowest BCUT2D eigenvalue weighted by Gasteiger charge is -2.09. The first-order valence-electron chi connectivity index (χ1n) is 4.92. The average Bonchev–Trinajstić information content (AvgIpc) is 2.04. The molecule has 0 heterocycles. The van der Waals surface area contributed by atoms with Crippen LogP contribution < -0.4 is 0 Å². The standard InChI is InChI=1S/C11H22S/c1-5-7-10(2)8-6-9-11(3)12-4/h10H,3,5-9H2,1-2,4H3. The van der Waals surface area contributed by atoms with Gasteiger partial charge in [0.25, 0.3) is 0 Å². The van der Waals surface area contributed by atoms with Crippen LogP contribution in [0.2, 0.25) is 0 Å². The van der Waals surface area contributed by atoms with E-state index >= 15 is 0 Å². The number of rotatable bonds is 7. The SMILES string of the molecule is C=C(CCCC(C)CCC)SC.